The Morgan fingerprint density at radius 3 is 2.69 bits per heavy atom. The molecule has 0 atom stereocenters. The Balaban J connectivity index is 1.62. The molecule has 1 aliphatic rings. The Labute approximate surface area is 151 Å². The average Bonchev–Trinajstić information content (AvgIpc) is 2.85. The van der Waals surface area contributed by atoms with Gasteiger partial charge in [-0.25, -0.2) is 8.78 Å². The average molecular weight is 363 g/mol. The van der Waals surface area contributed by atoms with Crippen molar-refractivity contribution in [3.8, 4) is 0 Å². The molecule has 2 aromatic heterocycles. The molecule has 1 aliphatic heterocycles. The Kier molecular flexibility index (Phi) is 5.61. The van der Waals surface area contributed by atoms with Crippen LogP contribution in [-0.4, -0.2) is 56.7 Å². The lowest BCUT2D eigenvalue weighted by Gasteiger charge is -2.21. The van der Waals surface area contributed by atoms with Crippen molar-refractivity contribution in [3.05, 3.63) is 47.0 Å². The predicted octanol–water partition coefficient (Wildman–Crippen LogP) is 2.41. The summed E-state index contributed by atoms with van der Waals surface area (Å²) in [7, 11) is 1.52. The SMILES string of the molecule is Cc1ccc(CN2CCCN(C(=O)c3cc(C(F)F)nn3C)CC2)nc1. The number of carbonyl (C=O) groups excluding carboxylic acids is 1. The van der Waals surface area contributed by atoms with Gasteiger partial charge in [0.2, 0.25) is 0 Å². The quantitative estimate of drug-likeness (QED) is 0.837. The number of hydrogen-bond acceptors (Lipinski definition) is 4. The van der Waals surface area contributed by atoms with Crippen LogP contribution in [0.15, 0.2) is 24.4 Å². The zero-order chi connectivity index (χ0) is 18.7. The van der Waals surface area contributed by atoms with Gasteiger partial charge in [0.15, 0.2) is 0 Å². The number of alkyl halides is 2. The third kappa shape index (κ3) is 4.24. The van der Waals surface area contributed by atoms with Crippen LogP contribution >= 0.6 is 0 Å². The smallest absolute Gasteiger partial charge is 0.282 e. The van der Waals surface area contributed by atoms with Crippen molar-refractivity contribution in [3.63, 3.8) is 0 Å². The van der Waals surface area contributed by atoms with E-state index in [0.717, 1.165) is 37.3 Å². The zero-order valence-electron chi connectivity index (χ0n) is 15.0. The number of carbonyl (C=O) groups is 1. The van der Waals surface area contributed by atoms with Gasteiger partial charge in [0.25, 0.3) is 12.3 Å². The van der Waals surface area contributed by atoms with Gasteiger partial charge in [0, 0.05) is 46.0 Å². The van der Waals surface area contributed by atoms with E-state index in [1.54, 1.807) is 4.90 Å². The van der Waals surface area contributed by atoms with Crippen LogP contribution in [0.25, 0.3) is 0 Å². The monoisotopic (exact) mass is 363 g/mol. The third-order valence-electron chi connectivity index (χ3n) is 4.58. The molecule has 0 radical (unpaired) electrons. The van der Waals surface area contributed by atoms with E-state index in [-0.39, 0.29) is 17.3 Å². The molecule has 140 valence electrons. The molecule has 8 heteroatoms. The molecule has 6 nitrogen and oxygen atoms in total. The number of aryl methyl sites for hydroxylation is 2. The van der Waals surface area contributed by atoms with E-state index in [0.29, 0.717) is 13.1 Å². The van der Waals surface area contributed by atoms with Gasteiger partial charge < -0.3 is 4.90 Å². The van der Waals surface area contributed by atoms with Gasteiger partial charge in [-0.3, -0.25) is 19.4 Å². The van der Waals surface area contributed by atoms with Gasteiger partial charge in [0.1, 0.15) is 11.4 Å². The lowest BCUT2D eigenvalue weighted by atomic mass is 10.2. The normalized spacial score (nSPS) is 16.1. The molecule has 0 unspecified atom stereocenters. The van der Waals surface area contributed by atoms with E-state index >= 15 is 0 Å². The highest BCUT2D eigenvalue weighted by atomic mass is 19.3. The van der Waals surface area contributed by atoms with Crippen LogP contribution in [0.3, 0.4) is 0 Å². The van der Waals surface area contributed by atoms with Crippen LogP contribution in [-0.2, 0) is 13.6 Å². The molecule has 0 aromatic carbocycles. The molecule has 0 spiro atoms. The van der Waals surface area contributed by atoms with Gasteiger partial charge in [-0.15, -0.1) is 0 Å². The van der Waals surface area contributed by atoms with Crippen molar-refractivity contribution in [2.75, 3.05) is 26.2 Å². The largest absolute Gasteiger partial charge is 0.336 e. The first kappa shape index (κ1) is 18.4. The maximum absolute atomic E-state index is 12.8. The lowest BCUT2D eigenvalue weighted by Crippen LogP contribution is -2.36. The minimum Gasteiger partial charge on any atom is -0.336 e. The van der Waals surface area contributed by atoms with Gasteiger partial charge in [0.05, 0.1) is 5.69 Å². The van der Waals surface area contributed by atoms with Crippen molar-refractivity contribution < 1.29 is 13.6 Å². The molecular weight excluding hydrogens is 340 g/mol. The molecule has 1 saturated heterocycles. The Morgan fingerprint density at radius 2 is 2.04 bits per heavy atom. The highest BCUT2D eigenvalue weighted by Crippen LogP contribution is 2.19. The maximum Gasteiger partial charge on any atom is 0.282 e. The summed E-state index contributed by atoms with van der Waals surface area (Å²) in [4.78, 5) is 21.1. The molecule has 0 aliphatic carbocycles. The first-order valence-corrected chi connectivity index (χ1v) is 8.69. The molecule has 1 fully saturated rings. The molecule has 1 amide bonds. The molecule has 2 aromatic rings. The molecule has 26 heavy (non-hydrogen) atoms. The van der Waals surface area contributed by atoms with E-state index < -0.39 is 6.43 Å². The highest BCUT2D eigenvalue weighted by Gasteiger charge is 2.25. The molecular formula is C18H23F2N5O. The first-order chi connectivity index (χ1) is 12.4. The number of aromatic nitrogens is 3. The van der Waals surface area contributed by atoms with E-state index in [4.69, 9.17) is 0 Å². The van der Waals surface area contributed by atoms with Crippen LogP contribution in [0, 0.1) is 6.92 Å². The predicted molar refractivity (Wildman–Crippen MR) is 92.9 cm³/mol. The van der Waals surface area contributed by atoms with Crippen molar-refractivity contribution in [2.24, 2.45) is 7.05 Å². The summed E-state index contributed by atoms with van der Waals surface area (Å²) in [6.45, 7) is 5.49. The second-order valence-corrected chi connectivity index (χ2v) is 6.63. The van der Waals surface area contributed by atoms with Crippen LogP contribution in [0.2, 0.25) is 0 Å². The number of halogens is 2. The maximum atomic E-state index is 12.8. The van der Waals surface area contributed by atoms with Crippen molar-refractivity contribution in [2.45, 2.75) is 26.3 Å². The summed E-state index contributed by atoms with van der Waals surface area (Å²) < 4.78 is 26.8. The van der Waals surface area contributed by atoms with E-state index in [2.05, 4.69) is 15.0 Å². The minimum absolute atomic E-state index is 0.203. The summed E-state index contributed by atoms with van der Waals surface area (Å²) in [6.07, 6.45) is 0.00718. The van der Waals surface area contributed by atoms with Gasteiger partial charge in [-0.2, -0.15) is 5.10 Å². The number of rotatable bonds is 4. The molecule has 0 N–H and O–H groups in total. The number of amides is 1. The van der Waals surface area contributed by atoms with Crippen molar-refractivity contribution in [1.29, 1.82) is 0 Å². The zero-order valence-corrected chi connectivity index (χ0v) is 15.0. The molecule has 3 heterocycles. The summed E-state index contributed by atoms with van der Waals surface area (Å²) >= 11 is 0. The summed E-state index contributed by atoms with van der Waals surface area (Å²) in [5.74, 6) is -0.248. The minimum atomic E-state index is -2.68. The topological polar surface area (TPSA) is 54.3 Å². The second-order valence-electron chi connectivity index (χ2n) is 6.63. The van der Waals surface area contributed by atoms with E-state index in [1.165, 1.54) is 17.8 Å². The Bertz CT molecular complexity index is 759. The summed E-state index contributed by atoms with van der Waals surface area (Å²) in [6, 6.07) is 5.25. The fourth-order valence-electron chi connectivity index (χ4n) is 3.11. The summed E-state index contributed by atoms with van der Waals surface area (Å²) in [5, 5.41) is 3.73. The van der Waals surface area contributed by atoms with Crippen LogP contribution in [0.5, 0.6) is 0 Å². The molecule has 3 rings (SSSR count). The van der Waals surface area contributed by atoms with E-state index in [1.807, 2.05) is 25.3 Å². The van der Waals surface area contributed by atoms with Crippen molar-refractivity contribution in [1.82, 2.24) is 24.6 Å². The number of pyridine rings is 1. The highest BCUT2D eigenvalue weighted by molar-refractivity contribution is 5.92. The van der Waals surface area contributed by atoms with Gasteiger partial charge >= 0.3 is 0 Å². The van der Waals surface area contributed by atoms with Gasteiger partial charge in [-0.05, 0) is 31.0 Å². The van der Waals surface area contributed by atoms with Crippen LogP contribution < -0.4 is 0 Å². The molecule has 0 bridgehead atoms. The van der Waals surface area contributed by atoms with E-state index in [9.17, 15) is 13.6 Å². The van der Waals surface area contributed by atoms with Crippen LogP contribution in [0.4, 0.5) is 8.78 Å². The standard InChI is InChI=1S/C18H23F2N5O/c1-13-4-5-14(21-11-13)12-24-6-3-7-25(9-8-24)18(26)16-10-15(17(19)20)22-23(16)2/h4-5,10-11,17H,3,6-9,12H2,1-2H3. The first-order valence-electron chi connectivity index (χ1n) is 8.69. The van der Waals surface area contributed by atoms with Gasteiger partial charge in [-0.1, -0.05) is 6.07 Å². The number of hydrogen-bond donors (Lipinski definition) is 0. The van der Waals surface area contributed by atoms with Crippen LogP contribution in [0.1, 0.15) is 40.3 Å². The van der Waals surface area contributed by atoms with Crippen molar-refractivity contribution >= 4 is 5.91 Å². The fourth-order valence-corrected chi connectivity index (χ4v) is 3.11. The fraction of sp³-hybridized carbons (Fsp3) is 0.500. The lowest BCUT2D eigenvalue weighted by molar-refractivity contribution is 0.0750. The Morgan fingerprint density at radius 1 is 1.23 bits per heavy atom. The second kappa shape index (κ2) is 7.90. The summed E-state index contributed by atoms with van der Waals surface area (Å²) in [5.41, 5.74) is 1.97. The molecule has 0 saturated carbocycles. The Hall–Kier alpha value is -2.35. The number of nitrogens with zero attached hydrogens (tertiary/aromatic N) is 5. The third-order valence-corrected chi connectivity index (χ3v) is 4.58.